The molecule has 1 aromatic rings. The molecule has 18 heavy (non-hydrogen) atoms. The highest BCUT2D eigenvalue weighted by atomic mass is 16.5. The smallest absolute Gasteiger partial charge is 0.240 e. The molecule has 0 bridgehead atoms. The molecule has 0 amide bonds. The molecule has 2 atom stereocenters. The van der Waals surface area contributed by atoms with Crippen molar-refractivity contribution in [2.24, 2.45) is 11.8 Å². The van der Waals surface area contributed by atoms with Crippen molar-refractivity contribution < 1.29 is 4.52 Å². The van der Waals surface area contributed by atoms with Crippen molar-refractivity contribution in [3.8, 4) is 0 Å². The molecule has 4 rings (SSSR count). The quantitative estimate of drug-likeness (QED) is 0.864. The van der Waals surface area contributed by atoms with Gasteiger partial charge in [-0.1, -0.05) is 5.16 Å². The standard InChI is InChI=1S/C13H20N4O/c1-2-9(1)13-15-12(18-16-13)8-17-4-3-10-5-14-6-11(10)7-17/h9-11,14H,1-8H2. The molecule has 3 aliphatic rings. The summed E-state index contributed by atoms with van der Waals surface area (Å²) >= 11 is 0. The van der Waals surface area contributed by atoms with Crippen LogP contribution in [-0.2, 0) is 6.54 Å². The van der Waals surface area contributed by atoms with E-state index in [-0.39, 0.29) is 0 Å². The predicted molar refractivity (Wildman–Crippen MR) is 66.0 cm³/mol. The fourth-order valence-corrected chi connectivity index (χ4v) is 3.28. The largest absolute Gasteiger partial charge is 0.338 e. The molecular weight excluding hydrogens is 228 g/mol. The van der Waals surface area contributed by atoms with Gasteiger partial charge in [0, 0.05) is 12.5 Å². The molecule has 1 aromatic heterocycles. The van der Waals surface area contributed by atoms with E-state index in [0.717, 1.165) is 30.1 Å². The predicted octanol–water partition coefficient (Wildman–Crippen LogP) is 0.988. The monoisotopic (exact) mass is 248 g/mol. The van der Waals surface area contributed by atoms with Gasteiger partial charge >= 0.3 is 0 Å². The molecule has 3 heterocycles. The van der Waals surface area contributed by atoms with E-state index in [2.05, 4.69) is 20.4 Å². The van der Waals surface area contributed by atoms with Crippen LogP contribution >= 0.6 is 0 Å². The van der Waals surface area contributed by atoms with Gasteiger partial charge in [0.05, 0.1) is 6.54 Å². The Kier molecular flexibility index (Phi) is 2.62. The number of hydrogen-bond donors (Lipinski definition) is 1. The van der Waals surface area contributed by atoms with Crippen LogP contribution < -0.4 is 5.32 Å². The van der Waals surface area contributed by atoms with E-state index in [1.54, 1.807) is 0 Å². The zero-order valence-corrected chi connectivity index (χ0v) is 10.6. The third-order valence-corrected chi connectivity index (χ3v) is 4.57. The fraction of sp³-hybridized carbons (Fsp3) is 0.846. The van der Waals surface area contributed by atoms with E-state index in [0.29, 0.717) is 5.92 Å². The van der Waals surface area contributed by atoms with Gasteiger partial charge in [-0.2, -0.15) is 4.98 Å². The zero-order chi connectivity index (χ0) is 11.9. The highest BCUT2D eigenvalue weighted by molar-refractivity contribution is 5.03. The Labute approximate surface area is 107 Å². The Morgan fingerprint density at radius 3 is 3.00 bits per heavy atom. The van der Waals surface area contributed by atoms with Crippen molar-refractivity contribution in [2.45, 2.75) is 31.7 Å². The van der Waals surface area contributed by atoms with Crippen LogP contribution in [0.15, 0.2) is 4.52 Å². The summed E-state index contributed by atoms with van der Waals surface area (Å²) in [5, 5.41) is 7.58. The SMILES string of the molecule is C1CC1c1noc(CN2CCC3CNCC3C2)n1. The summed E-state index contributed by atoms with van der Waals surface area (Å²) < 4.78 is 5.36. The normalized spacial score (nSPS) is 32.7. The number of piperidine rings is 1. The lowest BCUT2D eigenvalue weighted by atomic mass is 9.89. The van der Waals surface area contributed by atoms with E-state index in [4.69, 9.17) is 4.52 Å². The molecule has 0 aromatic carbocycles. The summed E-state index contributed by atoms with van der Waals surface area (Å²) in [4.78, 5) is 6.99. The topological polar surface area (TPSA) is 54.2 Å². The molecule has 2 saturated heterocycles. The Hall–Kier alpha value is -0.940. The molecule has 2 aliphatic heterocycles. The lowest BCUT2D eigenvalue weighted by molar-refractivity contribution is 0.128. The minimum Gasteiger partial charge on any atom is -0.338 e. The maximum atomic E-state index is 5.36. The maximum Gasteiger partial charge on any atom is 0.240 e. The van der Waals surface area contributed by atoms with Gasteiger partial charge in [0.25, 0.3) is 0 Å². The summed E-state index contributed by atoms with van der Waals surface area (Å²) in [6, 6.07) is 0. The molecule has 1 saturated carbocycles. The van der Waals surface area contributed by atoms with Gasteiger partial charge < -0.3 is 9.84 Å². The second-order valence-electron chi connectivity index (χ2n) is 6.02. The second kappa shape index (κ2) is 4.31. The molecular formula is C13H20N4O. The average Bonchev–Trinajstić information content (AvgIpc) is 2.95. The van der Waals surface area contributed by atoms with Gasteiger partial charge in [-0.05, 0) is 50.7 Å². The molecule has 0 radical (unpaired) electrons. The van der Waals surface area contributed by atoms with Crippen LogP contribution in [0, 0.1) is 11.8 Å². The number of likely N-dealkylation sites (tertiary alicyclic amines) is 1. The van der Waals surface area contributed by atoms with Gasteiger partial charge in [-0.3, -0.25) is 4.90 Å². The van der Waals surface area contributed by atoms with E-state index >= 15 is 0 Å². The van der Waals surface area contributed by atoms with E-state index in [9.17, 15) is 0 Å². The zero-order valence-electron chi connectivity index (χ0n) is 10.6. The number of rotatable bonds is 3. The Morgan fingerprint density at radius 1 is 1.22 bits per heavy atom. The Bertz CT molecular complexity index is 428. The number of fused-ring (bicyclic) bond motifs is 1. The number of nitrogens with one attached hydrogen (secondary N) is 1. The van der Waals surface area contributed by atoms with Gasteiger partial charge in [0.15, 0.2) is 5.82 Å². The Morgan fingerprint density at radius 2 is 2.11 bits per heavy atom. The first-order chi connectivity index (χ1) is 8.88. The van der Waals surface area contributed by atoms with E-state index < -0.39 is 0 Å². The van der Waals surface area contributed by atoms with Crippen molar-refractivity contribution in [2.75, 3.05) is 26.2 Å². The van der Waals surface area contributed by atoms with Gasteiger partial charge in [-0.25, -0.2) is 0 Å². The molecule has 5 nitrogen and oxygen atoms in total. The number of aromatic nitrogens is 2. The lowest BCUT2D eigenvalue weighted by Gasteiger charge is -2.33. The van der Waals surface area contributed by atoms with Gasteiger partial charge in [-0.15, -0.1) is 0 Å². The summed E-state index contributed by atoms with van der Waals surface area (Å²) in [5.41, 5.74) is 0. The van der Waals surface area contributed by atoms with Crippen LogP contribution in [0.25, 0.3) is 0 Å². The van der Waals surface area contributed by atoms with Crippen LogP contribution in [0.2, 0.25) is 0 Å². The number of hydrogen-bond acceptors (Lipinski definition) is 5. The second-order valence-corrected chi connectivity index (χ2v) is 6.02. The average molecular weight is 248 g/mol. The van der Waals surface area contributed by atoms with Crippen LogP contribution in [0.1, 0.15) is 36.9 Å². The molecule has 98 valence electrons. The molecule has 1 N–H and O–H groups in total. The Balaban J connectivity index is 1.38. The summed E-state index contributed by atoms with van der Waals surface area (Å²) in [6.45, 7) is 5.58. The van der Waals surface area contributed by atoms with E-state index in [1.165, 1.54) is 45.4 Å². The van der Waals surface area contributed by atoms with Gasteiger partial charge in [0.2, 0.25) is 5.89 Å². The van der Waals surface area contributed by atoms with Crippen molar-refractivity contribution in [1.82, 2.24) is 20.4 Å². The van der Waals surface area contributed by atoms with E-state index in [1.807, 2.05) is 0 Å². The molecule has 3 fully saturated rings. The van der Waals surface area contributed by atoms with Crippen LogP contribution in [0.4, 0.5) is 0 Å². The van der Waals surface area contributed by atoms with Crippen molar-refractivity contribution in [3.63, 3.8) is 0 Å². The minimum atomic E-state index is 0.590. The molecule has 0 spiro atoms. The lowest BCUT2D eigenvalue weighted by Crippen LogP contribution is -2.39. The summed E-state index contributed by atoms with van der Waals surface area (Å²) in [7, 11) is 0. The first-order valence-electron chi connectivity index (χ1n) is 7.14. The summed E-state index contributed by atoms with van der Waals surface area (Å²) in [5.74, 6) is 4.05. The van der Waals surface area contributed by atoms with Crippen LogP contribution in [-0.4, -0.2) is 41.2 Å². The van der Waals surface area contributed by atoms with Crippen molar-refractivity contribution in [1.29, 1.82) is 0 Å². The van der Waals surface area contributed by atoms with Crippen LogP contribution in [0.3, 0.4) is 0 Å². The summed E-state index contributed by atoms with van der Waals surface area (Å²) in [6.07, 6.45) is 3.78. The highest BCUT2D eigenvalue weighted by Crippen LogP contribution is 2.38. The first kappa shape index (κ1) is 10.9. The molecule has 1 aliphatic carbocycles. The van der Waals surface area contributed by atoms with Crippen molar-refractivity contribution in [3.05, 3.63) is 11.7 Å². The number of nitrogens with zero attached hydrogens (tertiary/aromatic N) is 3. The maximum absolute atomic E-state index is 5.36. The third-order valence-electron chi connectivity index (χ3n) is 4.57. The van der Waals surface area contributed by atoms with Gasteiger partial charge in [0.1, 0.15) is 0 Å². The third kappa shape index (κ3) is 2.06. The van der Waals surface area contributed by atoms with Crippen molar-refractivity contribution >= 4 is 0 Å². The highest BCUT2D eigenvalue weighted by Gasteiger charge is 2.33. The fourth-order valence-electron chi connectivity index (χ4n) is 3.28. The van der Waals surface area contributed by atoms with Crippen LogP contribution in [0.5, 0.6) is 0 Å². The minimum absolute atomic E-state index is 0.590. The molecule has 5 heteroatoms. The first-order valence-corrected chi connectivity index (χ1v) is 7.14. The molecule has 2 unspecified atom stereocenters.